The van der Waals surface area contributed by atoms with Crippen LogP contribution in [0, 0.1) is 0 Å². The van der Waals surface area contributed by atoms with Crippen molar-refractivity contribution in [3.05, 3.63) is 71.8 Å². The predicted molar refractivity (Wildman–Crippen MR) is 95.4 cm³/mol. The van der Waals surface area contributed by atoms with Gasteiger partial charge in [-0.1, -0.05) is 48.0 Å². The van der Waals surface area contributed by atoms with Crippen LogP contribution in [0.2, 0.25) is 5.02 Å². The molecule has 0 aliphatic carbocycles. The molecular weight excluding hydrogens is 308 g/mol. The molecule has 0 unspecified atom stereocenters. The van der Waals surface area contributed by atoms with Crippen LogP contribution in [-0.4, -0.2) is 14.2 Å². The van der Waals surface area contributed by atoms with Crippen molar-refractivity contribution in [1.82, 2.24) is 0 Å². The van der Waals surface area contributed by atoms with Crippen molar-refractivity contribution >= 4 is 11.6 Å². The van der Waals surface area contributed by atoms with Gasteiger partial charge < -0.3 is 9.47 Å². The zero-order chi connectivity index (χ0) is 16.2. The van der Waals surface area contributed by atoms with Crippen LogP contribution in [-0.2, 0) is 0 Å². The fourth-order valence-electron chi connectivity index (χ4n) is 2.52. The molecule has 0 saturated heterocycles. The lowest BCUT2D eigenvalue weighted by Crippen LogP contribution is -1.86. The fraction of sp³-hybridized carbons (Fsp3) is 0.100. The van der Waals surface area contributed by atoms with Crippen molar-refractivity contribution in [3.63, 3.8) is 0 Å². The van der Waals surface area contributed by atoms with E-state index < -0.39 is 0 Å². The Labute approximate surface area is 141 Å². The van der Waals surface area contributed by atoms with E-state index in [0.29, 0.717) is 5.02 Å². The first kappa shape index (κ1) is 15.4. The van der Waals surface area contributed by atoms with Crippen LogP contribution in [0.3, 0.4) is 0 Å². The number of methoxy groups -OCH3 is 2. The van der Waals surface area contributed by atoms with Gasteiger partial charge in [-0.2, -0.15) is 0 Å². The van der Waals surface area contributed by atoms with Gasteiger partial charge in [-0.15, -0.1) is 0 Å². The summed E-state index contributed by atoms with van der Waals surface area (Å²) in [4.78, 5) is 0. The van der Waals surface area contributed by atoms with E-state index in [-0.39, 0.29) is 0 Å². The molecule has 3 aromatic carbocycles. The molecule has 0 atom stereocenters. The third-order valence-corrected chi connectivity index (χ3v) is 4.07. The highest BCUT2D eigenvalue weighted by atomic mass is 35.5. The minimum absolute atomic E-state index is 0.707. The summed E-state index contributed by atoms with van der Waals surface area (Å²) in [5, 5.41) is 0.707. The normalized spacial score (nSPS) is 10.4. The van der Waals surface area contributed by atoms with Crippen LogP contribution in [0.4, 0.5) is 0 Å². The molecule has 116 valence electrons. The zero-order valence-electron chi connectivity index (χ0n) is 13.0. The number of hydrogen-bond acceptors (Lipinski definition) is 2. The molecule has 0 aliphatic heterocycles. The lowest BCUT2D eigenvalue weighted by atomic mass is 10.00. The van der Waals surface area contributed by atoms with Crippen LogP contribution in [0.1, 0.15) is 0 Å². The van der Waals surface area contributed by atoms with Gasteiger partial charge in [-0.3, -0.25) is 0 Å². The summed E-state index contributed by atoms with van der Waals surface area (Å²) in [5.41, 5.74) is 4.15. The average molecular weight is 325 g/mol. The number of hydrogen-bond donors (Lipinski definition) is 0. The average Bonchev–Trinajstić information content (AvgIpc) is 2.61. The molecule has 0 fully saturated rings. The smallest absolute Gasteiger partial charge is 0.119 e. The van der Waals surface area contributed by atoms with Crippen LogP contribution in [0.15, 0.2) is 66.7 Å². The molecule has 2 nitrogen and oxygen atoms in total. The Bertz CT molecular complexity index is 827. The molecule has 23 heavy (non-hydrogen) atoms. The molecule has 3 heteroatoms. The fourth-order valence-corrected chi connectivity index (χ4v) is 2.81. The van der Waals surface area contributed by atoms with Crippen molar-refractivity contribution in [2.45, 2.75) is 0 Å². The second-order valence-electron chi connectivity index (χ2n) is 5.16. The summed E-state index contributed by atoms with van der Waals surface area (Å²) in [5.74, 6) is 1.64. The van der Waals surface area contributed by atoms with Gasteiger partial charge in [0, 0.05) is 10.6 Å². The Balaban J connectivity index is 2.00. The Morgan fingerprint density at radius 3 is 1.83 bits per heavy atom. The third-order valence-electron chi connectivity index (χ3n) is 3.75. The quantitative estimate of drug-likeness (QED) is 0.613. The van der Waals surface area contributed by atoms with Crippen molar-refractivity contribution in [2.75, 3.05) is 14.2 Å². The maximum Gasteiger partial charge on any atom is 0.119 e. The molecular formula is C20H17ClO2. The van der Waals surface area contributed by atoms with E-state index in [1.54, 1.807) is 14.2 Å². The molecule has 0 saturated carbocycles. The molecule has 0 heterocycles. The Morgan fingerprint density at radius 2 is 1.22 bits per heavy atom. The van der Waals surface area contributed by atoms with E-state index in [1.807, 2.05) is 60.7 Å². The minimum Gasteiger partial charge on any atom is -0.497 e. The summed E-state index contributed by atoms with van der Waals surface area (Å²) in [7, 11) is 3.32. The summed E-state index contributed by atoms with van der Waals surface area (Å²) in [6.07, 6.45) is 0. The van der Waals surface area contributed by atoms with E-state index in [0.717, 1.165) is 33.8 Å². The molecule has 0 amide bonds. The maximum atomic E-state index is 6.51. The second kappa shape index (κ2) is 6.76. The van der Waals surface area contributed by atoms with Gasteiger partial charge in [0.05, 0.1) is 14.2 Å². The third kappa shape index (κ3) is 3.33. The van der Waals surface area contributed by atoms with Crippen molar-refractivity contribution in [1.29, 1.82) is 0 Å². The highest BCUT2D eigenvalue weighted by molar-refractivity contribution is 6.33. The Morgan fingerprint density at radius 1 is 0.652 bits per heavy atom. The molecule has 0 aromatic heterocycles. The second-order valence-corrected chi connectivity index (χ2v) is 5.57. The molecule has 0 radical (unpaired) electrons. The van der Waals surface area contributed by atoms with Gasteiger partial charge >= 0.3 is 0 Å². The van der Waals surface area contributed by atoms with Gasteiger partial charge in [0.2, 0.25) is 0 Å². The van der Waals surface area contributed by atoms with Crippen LogP contribution >= 0.6 is 11.6 Å². The first-order chi connectivity index (χ1) is 11.2. The molecule has 3 rings (SSSR count). The SMILES string of the molecule is COc1cccc(-c2ccc(-c3cccc(OC)c3)c(Cl)c2)c1. The van der Waals surface area contributed by atoms with E-state index in [9.17, 15) is 0 Å². The first-order valence-corrected chi connectivity index (χ1v) is 7.67. The highest BCUT2D eigenvalue weighted by Crippen LogP contribution is 2.34. The van der Waals surface area contributed by atoms with Gasteiger partial charge in [0.15, 0.2) is 0 Å². The number of ether oxygens (including phenoxy) is 2. The molecule has 0 spiro atoms. The van der Waals surface area contributed by atoms with Gasteiger partial charge in [-0.25, -0.2) is 0 Å². The summed E-state index contributed by atoms with van der Waals surface area (Å²) >= 11 is 6.51. The van der Waals surface area contributed by atoms with Gasteiger partial charge in [0.1, 0.15) is 11.5 Å². The molecule has 0 aliphatic rings. The summed E-state index contributed by atoms with van der Waals surface area (Å²) in [6.45, 7) is 0. The zero-order valence-corrected chi connectivity index (χ0v) is 13.8. The van der Waals surface area contributed by atoms with Gasteiger partial charge in [-0.05, 0) is 47.0 Å². The van der Waals surface area contributed by atoms with Crippen LogP contribution in [0.25, 0.3) is 22.3 Å². The van der Waals surface area contributed by atoms with Crippen LogP contribution < -0.4 is 9.47 Å². The maximum absolute atomic E-state index is 6.51. The molecule has 0 bridgehead atoms. The highest BCUT2D eigenvalue weighted by Gasteiger charge is 2.07. The lowest BCUT2D eigenvalue weighted by molar-refractivity contribution is 0.415. The van der Waals surface area contributed by atoms with E-state index in [4.69, 9.17) is 21.1 Å². The lowest BCUT2D eigenvalue weighted by Gasteiger charge is -2.10. The Hall–Kier alpha value is -2.45. The molecule has 3 aromatic rings. The number of rotatable bonds is 4. The monoisotopic (exact) mass is 324 g/mol. The van der Waals surface area contributed by atoms with Crippen molar-refractivity contribution < 1.29 is 9.47 Å². The summed E-state index contributed by atoms with van der Waals surface area (Å²) in [6, 6.07) is 21.9. The van der Waals surface area contributed by atoms with Gasteiger partial charge in [0.25, 0.3) is 0 Å². The number of halogens is 1. The summed E-state index contributed by atoms with van der Waals surface area (Å²) < 4.78 is 10.6. The minimum atomic E-state index is 0.707. The van der Waals surface area contributed by atoms with Crippen molar-refractivity contribution in [2.24, 2.45) is 0 Å². The first-order valence-electron chi connectivity index (χ1n) is 7.29. The largest absolute Gasteiger partial charge is 0.497 e. The topological polar surface area (TPSA) is 18.5 Å². The molecule has 0 N–H and O–H groups in total. The van der Waals surface area contributed by atoms with E-state index >= 15 is 0 Å². The van der Waals surface area contributed by atoms with Crippen LogP contribution in [0.5, 0.6) is 11.5 Å². The Kier molecular flexibility index (Phi) is 4.54. The standard InChI is InChI=1S/C20H17ClO2/c1-22-17-7-3-5-14(11-17)15-9-10-19(20(21)13-15)16-6-4-8-18(12-16)23-2/h3-13H,1-2H3. The van der Waals surface area contributed by atoms with Crippen molar-refractivity contribution in [3.8, 4) is 33.8 Å². The van der Waals surface area contributed by atoms with E-state index in [1.165, 1.54) is 0 Å². The number of benzene rings is 3. The predicted octanol–water partition coefficient (Wildman–Crippen LogP) is 5.69. The van der Waals surface area contributed by atoms with E-state index in [2.05, 4.69) is 6.07 Å².